The summed E-state index contributed by atoms with van der Waals surface area (Å²) < 4.78 is 0. The second-order valence-corrected chi connectivity index (χ2v) is 5.62. The summed E-state index contributed by atoms with van der Waals surface area (Å²) in [5.74, 6) is 2.17. The van der Waals surface area contributed by atoms with Gasteiger partial charge in [0.25, 0.3) is 5.91 Å². The molecule has 0 spiro atoms. The Kier molecular flexibility index (Phi) is 4.00. The Morgan fingerprint density at radius 3 is 3.00 bits per heavy atom. The molecule has 7 heteroatoms. The molecule has 16 heavy (non-hydrogen) atoms. The van der Waals surface area contributed by atoms with Crippen LogP contribution >= 0.6 is 23.1 Å². The summed E-state index contributed by atoms with van der Waals surface area (Å²) in [5, 5.41) is 11.8. The molecular weight excluding hydrogens is 244 g/mol. The van der Waals surface area contributed by atoms with Crippen LogP contribution in [0.15, 0.2) is 0 Å². The summed E-state index contributed by atoms with van der Waals surface area (Å²) in [6.07, 6.45) is 1.06. The second-order valence-electron chi connectivity index (χ2n) is 3.42. The number of carbonyl (C=O) groups is 1. The SMILES string of the molecule is CNc1nnc(C(=O)N2CCCSCC2)s1. The van der Waals surface area contributed by atoms with Gasteiger partial charge in [-0.3, -0.25) is 4.79 Å². The molecule has 0 aliphatic carbocycles. The van der Waals surface area contributed by atoms with E-state index in [0.29, 0.717) is 10.1 Å². The van der Waals surface area contributed by atoms with Crippen molar-refractivity contribution in [1.82, 2.24) is 15.1 Å². The number of amides is 1. The summed E-state index contributed by atoms with van der Waals surface area (Å²) in [5.41, 5.74) is 0. The highest BCUT2D eigenvalue weighted by Crippen LogP contribution is 2.18. The molecule has 1 N–H and O–H groups in total. The van der Waals surface area contributed by atoms with E-state index in [4.69, 9.17) is 0 Å². The van der Waals surface area contributed by atoms with E-state index in [0.717, 1.165) is 31.0 Å². The first-order valence-corrected chi connectivity index (χ1v) is 7.16. The van der Waals surface area contributed by atoms with Crippen molar-refractivity contribution < 1.29 is 4.79 Å². The van der Waals surface area contributed by atoms with Crippen molar-refractivity contribution in [1.29, 1.82) is 0 Å². The predicted octanol–water partition coefficient (Wildman–Crippen LogP) is 1.16. The van der Waals surface area contributed by atoms with E-state index in [2.05, 4.69) is 15.5 Å². The standard InChI is InChI=1S/C9H14N4OS2/c1-10-9-12-11-7(16-9)8(14)13-3-2-5-15-6-4-13/h2-6H2,1H3,(H,10,12). The molecule has 5 nitrogen and oxygen atoms in total. The third kappa shape index (κ3) is 2.65. The third-order valence-electron chi connectivity index (χ3n) is 2.33. The van der Waals surface area contributed by atoms with E-state index in [1.54, 1.807) is 7.05 Å². The molecule has 0 bridgehead atoms. The highest BCUT2D eigenvalue weighted by atomic mass is 32.2. The van der Waals surface area contributed by atoms with Gasteiger partial charge in [0.2, 0.25) is 10.1 Å². The highest BCUT2D eigenvalue weighted by molar-refractivity contribution is 7.99. The summed E-state index contributed by atoms with van der Waals surface area (Å²) in [4.78, 5) is 14.0. The molecule has 0 aromatic carbocycles. The molecule has 88 valence electrons. The Morgan fingerprint density at radius 2 is 2.25 bits per heavy atom. The topological polar surface area (TPSA) is 58.1 Å². The van der Waals surface area contributed by atoms with Crippen LogP contribution in [0.25, 0.3) is 0 Å². The fourth-order valence-corrected chi connectivity index (χ4v) is 3.05. The number of thioether (sulfide) groups is 1. The number of carbonyl (C=O) groups excluding carboxylic acids is 1. The van der Waals surface area contributed by atoms with Crippen molar-refractivity contribution in [2.45, 2.75) is 6.42 Å². The molecule has 0 radical (unpaired) electrons. The van der Waals surface area contributed by atoms with Crippen molar-refractivity contribution in [3.8, 4) is 0 Å². The summed E-state index contributed by atoms with van der Waals surface area (Å²) in [6.45, 7) is 1.65. The van der Waals surface area contributed by atoms with E-state index in [-0.39, 0.29) is 5.91 Å². The monoisotopic (exact) mass is 258 g/mol. The number of anilines is 1. The molecule has 0 saturated carbocycles. The lowest BCUT2D eigenvalue weighted by molar-refractivity contribution is 0.0767. The van der Waals surface area contributed by atoms with E-state index < -0.39 is 0 Å². The first kappa shape index (κ1) is 11.7. The summed E-state index contributed by atoms with van der Waals surface area (Å²) in [6, 6.07) is 0. The quantitative estimate of drug-likeness (QED) is 0.862. The molecule has 1 aliphatic heterocycles. The zero-order valence-corrected chi connectivity index (χ0v) is 10.7. The van der Waals surface area contributed by atoms with Gasteiger partial charge >= 0.3 is 0 Å². The number of aromatic nitrogens is 2. The van der Waals surface area contributed by atoms with Crippen LogP contribution in [-0.4, -0.2) is 52.6 Å². The molecule has 1 aliphatic rings. The first-order valence-electron chi connectivity index (χ1n) is 5.19. The van der Waals surface area contributed by atoms with Gasteiger partial charge in [0.1, 0.15) is 0 Å². The van der Waals surface area contributed by atoms with E-state index in [1.807, 2.05) is 16.7 Å². The van der Waals surface area contributed by atoms with Crippen molar-refractivity contribution >= 4 is 34.1 Å². The fraction of sp³-hybridized carbons (Fsp3) is 0.667. The van der Waals surface area contributed by atoms with Crippen LogP contribution in [0.5, 0.6) is 0 Å². The van der Waals surface area contributed by atoms with Crippen LogP contribution in [-0.2, 0) is 0 Å². The molecule has 1 saturated heterocycles. The van der Waals surface area contributed by atoms with E-state index >= 15 is 0 Å². The van der Waals surface area contributed by atoms with Gasteiger partial charge in [-0.05, 0) is 12.2 Å². The average molecular weight is 258 g/mol. The zero-order valence-electron chi connectivity index (χ0n) is 9.10. The van der Waals surface area contributed by atoms with Crippen molar-refractivity contribution in [2.24, 2.45) is 0 Å². The molecule has 1 amide bonds. The molecule has 2 rings (SSSR count). The molecule has 1 fully saturated rings. The number of nitrogens with one attached hydrogen (secondary N) is 1. The molecule has 0 atom stereocenters. The number of hydrogen-bond donors (Lipinski definition) is 1. The highest BCUT2D eigenvalue weighted by Gasteiger charge is 2.20. The van der Waals surface area contributed by atoms with E-state index in [1.165, 1.54) is 11.3 Å². The second kappa shape index (κ2) is 5.49. The third-order valence-corrected chi connectivity index (χ3v) is 4.31. The number of hydrogen-bond acceptors (Lipinski definition) is 6. The number of rotatable bonds is 2. The Hall–Kier alpha value is -0.820. The maximum atomic E-state index is 12.1. The maximum Gasteiger partial charge on any atom is 0.284 e. The molecule has 1 aromatic heterocycles. The largest absolute Gasteiger partial charge is 0.363 e. The van der Waals surface area contributed by atoms with Crippen LogP contribution in [0.1, 0.15) is 16.2 Å². The van der Waals surface area contributed by atoms with Crippen LogP contribution in [0, 0.1) is 0 Å². The minimum absolute atomic E-state index is 0.0153. The van der Waals surface area contributed by atoms with E-state index in [9.17, 15) is 4.79 Å². The van der Waals surface area contributed by atoms with Crippen LogP contribution in [0.2, 0.25) is 0 Å². The van der Waals surface area contributed by atoms with Gasteiger partial charge in [-0.2, -0.15) is 11.8 Å². The minimum atomic E-state index is 0.0153. The fourth-order valence-electron chi connectivity index (χ4n) is 1.50. The summed E-state index contributed by atoms with van der Waals surface area (Å²) >= 11 is 3.21. The summed E-state index contributed by atoms with van der Waals surface area (Å²) in [7, 11) is 1.78. The Labute approximate surface area is 103 Å². The van der Waals surface area contributed by atoms with Crippen LogP contribution < -0.4 is 5.32 Å². The van der Waals surface area contributed by atoms with Gasteiger partial charge in [0, 0.05) is 25.9 Å². The first-order chi connectivity index (χ1) is 7.81. The lowest BCUT2D eigenvalue weighted by Crippen LogP contribution is -2.32. The van der Waals surface area contributed by atoms with Gasteiger partial charge in [0.15, 0.2) is 0 Å². The lowest BCUT2D eigenvalue weighted by Gasteiger charge is -2.17. The van der Waals surface area contributed by atoms with Crippen LogP contribution in [0.3, 0.4) is 0 Å². The van der Waals surface area contributed by atoms with Crippen molar-refractivity contribution in [2.75, 3.05) is 37.0 Å². The molecular formula is C9H14N4OS2. The van der Waals surface area contributed by atoms with Crippen molar-refractivity contribution in [3.63, 3.8) is 0 Å². The Bertz CT molecular complexity index is 360. The van der Waals surface area contributed by atoms with Gasteiger partial charge in [-0.25, -0.2) is 0 Å². The predicted molar refractivity (Wildman–Crippen MR) is 67.3 cm³/mol. The average Bonchev–Trinajstić information content (AvgIpc) is 2.62. The Morgan fingerprint density at radius 1 is 1.38 bits per heavy atom. The van der Waals surface area contributed by atoms with Crippen molar-refractivity contribution in [3.05, 3.63) is 5.01 Å². The van der Waals surface area contributed by atoms with Gasteiger partial charge in [-0.15, -0.1) is 10.2 Å². The smallest absolute Gasteiger partial charge is 0.284 e. The minimum Gasteiger partial charge on any atom is -0.363 e. The maximum absolute atomic E-state index is 12.1. The molecule has 2 heterocycles. The zero-order chi connectivity index (χ0) is 11.4. The normalized spacial score (nSPS) is 16.9. The van der Waals surface area contributed by atoms with Gasteiger partial charge < -0.3 is 10.2 Å². The number of nitrogens with zero attached hydrogens (tertiary/aromatic N) is 3. The van der Waals surface area contributed by atoms with Crippen LogP contribution in [0.4, 0.5) is 5.13 Å². The van der Waals surface area contributed by atoms with Gasteiger partial charge in [0.05, 0.1) is 0 Å². The molecule has 0 unspecified atom stereocenters. The molecule has 1 aromatic rings. The Balaban J connectivity index is 2.05. The lowest BCUT2D eigenvalue weighted by atomic mass is 10.4. The van der Waals surface area contributed by atoms with Gasteiger partial charge in [-0.1, -0.05) is 11.3 Å².